The van der Waals surface area contributed by atoms with Crippen molar-refractivity contribution < 1.29 is 4.74 Å². The highest BCUT2D eigenvalue weighted by atomic mass is 16.5. The molecule has 16 heavy (non-hydrogen) atoms. The van der Waals surface area contributed by atoms with Crippen molar-refractivity contribution in [2.45, 2.75) is 26.2 Å². The molecule has 0 saturated carbocycles. The molecule has 0 aliphatic carbocycles. The van der Waals surface area contributed by atoms with Crippen molar-refractivity contribution in [1.29, 1.82) is 0 Å². The SMILES string of the molecule is CNCC1(C)CCN(CC2CCOCC2)C1. The van der Waals surface area contributed by atoms with Crippen LogP contribution in [0.3, 0.4) is 0 Å². The fourth-order valence-corrected chi connectivity index (χ4v) is 3.15. The van der Waals surface area contributed by atoms with E-state index >= 15 is 0 Å². The topological polar surface area (TPSA) is 24.5 Å². The van der Waals surface area contributed by atoms with Crippen molar-refractivity contribution in [3.8, 4) is 0 Å². The number of ether oxygens (including phenoxy) is 1. The van der Waals surface area contributed by atoms with Gasteiger partial charge in [0.25, 0.3) is 0 Å². The van der Waals surface area contributed by atoms with Crippen molar-refractivity contribution in [3.63, 3.8) is 0 Å². The fraction of sp³-hybridized carbons (Fsp3) is 1.00. The summed E-state index contributed by atoms with van der Waals surface area (Å²) in [6.45, 7) is 9.37. The van der Waals surface area contributed by atoms with E-state index in [0.29, 0.717) is 5.41 Å². The minimum absolute atomic E-state index is 0.500. The summed E-state index contributed by atoms with van der Waals surface area (Å²) in [5, 5.41) is 3.33. The van der Waals surface area contributed by atoms with Crippen molar-refractivity contribution >= 4 is 0 Å². The summed E-state index contributed by atoms with van der Waals surface area (Å²) >= 11 is 0. The predicted molar refractivity (Wildman–Crippen MR) is 66.6 cm³/mol. The van der Waals surface area contributed by atoms with Gasteiger partial charge in [-0.05, 0) is 44.2 Å². The molecule has 94 valence electrons. The van der Waals surface area contributed by atoms with Crippen molar-refractivity contribution in [2.24, 2.45) is 11.3 Å². The van der Waals surface area contributed by atoms with Gasteiger partial charge < -0.3 is 15.0 Å². The van der Waals surface area contributed by atoms with Gasteiger partial charge in [0.05, 0.1) is 0 Å². The predicted octanol–water partition coefficient (Wildman–Crippen LogP) is 1.34. The molecular weight excluding hydrogens is 200 g/mol. The van der Waals surface area contributed by atoms with Gasteiger partial charge in [0.1, 0.15) is 0 Å². The molecule has 2 saturated heterocycles. The second kappa shape index (κ2) is 5.48. The summed E-state index contributed by atoms with van der Waals surface area (Å²) in [7, 11) is 2.06. The van der Waals surface area contributed by atoms with E-state index in [0.717, 1.165) is 25.7 Å². The van der Waals surface area contributed by atoms with Crippen LogP contribution < -0.4 is 5.32 Å². The monoisotopic (exact) mass is 226 g/mol. The molecule has 1 unspecified atom stereocenters. The van der Waals surface area contributed by atoms with Crippen molar-refractivity contribution in [2.75, 3.05) is 46.4 Å². The average Bonchev–Trinajstić information content (AvgIpc) is 2.62. The maximum Gasteiger partial charge on any atom is 0.0469 e. The van der Waals surface area contributed by atoms with Crippen LogP contribution >= 0.6 is 0 Å². The van der Waals surface area contributed by atoms with Gasteiger partial charge >= 0.3 is 0 Å². The Balaban J connectivity index is 1.75. The largest absolute Gasteiger partial charge is 0.381 e. The molecule has 2 fully saturated rings. The second-order valence-corrected chi connectivity index (χ2v) is 5.88. The van der Waals surface area contributed by atoms with E-state index in [2.05, 4.69) is 24.2 Å². The zero-order valence-electron chi connectivity index (χ0n) is 10.8. The van der Waals surface area contributed by atoms with Gasteiger partial charge in [0, 0.05) is 32.8 Å². The lowest BCUT2D eigenvalue weighted by Gasteiger charge is -2.28. The molecule has 0 amide bonds. The van der Waals surface area contributed by atoms with Gasteiger partial charge in [-0.2, -0.15) is 0 Å². The van der Waals surface area contributed by atoms with E-state index in [1.807, 2.05) is 0 Å². The maximum absolute atomic E-state index is 5.42. The summed E-state index contributed by atoms with van der Waals surface area (Å²) in [6, 6.07) is 0. The average molecular weight is 226 g/mol. The summed E-state index contributed by atoms with van der Waals surface area (Å²) in [6.07, 6.45) is 3.87. The van der Waals surface area contributed by atoms with Crippen LogP contribution in [0, 0.1) is 11.3 Å². The first-order valence-corrected chi connectivity index (χ1v) is 6.66. The molecule has 3 heteroatoms. The van der Waals surface area contributed by atoms with E-state index in [4.69, 9.17) is 4.74 Å². The highest BCUT2D eigenvalue weighted by molar-refractivity contribution is 4.88. The highest BCUT2D eigenvalue weighted by Crippen LogP contribution is 2.30. The molecule has 0 aromatic carbocycles. The first-order valence-electron chi connectivity index (χ1n) is 6.66. The van der Waals surface area contributed by atoms with Gasteiger partial charge in [0.15, 0.2) is 0 Å². The molecule has 0 spiro atoms. The lowest BCUT2D eigenvalue weighted by Crippen LogP contribution is -2.35. The van der Waals surface area contributed by atoms with Gasteiger partial charge in [0.2, 0.25) is 0 Å². The lowest BCUT2D eigenvalue weighted by atomic mass is 9.90. The second-order valence-electron chi connectivity index (χ2n) is 5.88. The molecule has 2 heterocycles. The summed E-state index contributed by atoms with van der Waals surface area (Å²) < 4.78 is 5.42. The minimum atomic E-state index is 0.500. The molecular formula is C13H26N2O. The summed E-state index contributed by atoms with van der Waals surface area (Å²) in [4.78, 5) is 2.66. The molecule has 3 nitrogen and oxygen atoms in total. The first-order chi connectivity index (χ1) is 7.72. The van der Waals surface area contributed by atoms with Crippen LogP contribution in [0.15, 0.2) is 0 Å². The molecule has 0 bridgehead atoms. The number of rotatable bonds is 4. The quantitative estimate of drug-likeness (QED) is 0.783. The standard InChI is InChI=1S/C13H26N2O/c1-13(10-14-2)5-6-15(11-13)9-12-3-7-16-8-4-12/h12,14H,3-11H2,1-2H3. The van der Waals surface area contributed by atoms with Crippen molar-refractivity contribution in [1.82, 2.24) is 10.2 Å². The summed E-state index contributed by atoms with van der Waals surface area (Å²) in [5.74, 6) is 0.880. The molecule has 2 rings (SSSR count). The Kier molecular flexibility index (Phi) is 4.22. The Hall–Kier alpha value is -0.120. The summed E-state index contributed by atoms with van der Waals surface area (Å²) in [5.41, 5.74) is 0.500. The lowest BCUT2D eigenvalue weighted by molar-refractivity contribution is 0.0543. The van der Waals surface area contributed by atoms with E-state index in [-0.39, 0.29) is 0 Å². The zero-order valence-corrected chi connectivity index (χ0v) is 10.8. The van der Waals surface area contributed by atoms with Gasteiger partial charge in [-0.1, -0.05) is 6.92 Å². The molecule has 1 atom stereocenters. The van der Waals surface area contributed by atoms with Crippen LogP contribution in [0.25, 0.3) is 0 Å². The third-order valence-corrected chi connectivity index (χ3v) is 4.10. The van der Waals surface area contributed by atoms with Gasteiger partial charge in [-0.15, -0.1) is 0 Å². The number of nitrogens with zero attached hydrogens (tertiary/aromatic N) is 1. The smallest absolute Gasteiger partial charge is 0.0469 e. The number of likely N-dealkylation sites (tertiary alicyclic amines) is 1. The fourth-order valence-electron chi connectivity index (χ4n) is 3.15. The van der Waals surface area contributed by atoms with E-state index in [9.17, 15) is 0 Å². The highest BCUT2D eigenvalue weighted by Gasteiger charge is 2.33. The van der Waals surface area contributed by atoms with Crippen LogP contribution in [0.5, 0.6) is 0 Å². The number of hydrogen-bond acceptors (Lipinski definition) is 3. The molecule has 2 aliphatic heterocycles. The van der Waals surface area contributed by atoms with Crippen molar-refractivity contribution in [3.05, 3.63) is 0 Å². The van der Waals surface area contributed by atoms with E-state index < -0.39 is 0 Å². The number of nitrogens with one attached hydrogen (secondary N) is 1. The molecule has 0 aromatic rings. The van der Waals surface area contributed by atoms with Crippen LogP contribution in [0.2, 0.25) is 0 Å². The Morgan fingerprint density at radius 2 is 2.12 bits per heavy atom. The first kappa shape index (κ1) is 12.3. The maximum atomic E-state index is 5.42. The third kappa shape index (κ3) is 3.19. The molecule has 0 aromatic heterocycles. The van der Waals surface area contributed by atoms with Gasteiger partial charge in [-0.3, -0.25) is 0 Å². The van der Waals surface area contributed by atoms with Crippen LogP contribution in [-0.2, 0) is 4.74 Å². The third-order valence-electron chi connectivity index (χ3n) is 4.10. The zero-order chi connectivity index (χ0) is 11.4. The van der Waals surface area contributed by atoms with Crippen LogP contribution in [0.4, 0.5) is 0 Å². The molecule has 2 aliphatic rings. The molecule has 1 N–H and O–H groups in total. The Labute approximate surface area is 99.5 Å². The Morgan fingerprint density at radius 3 is 2.81 bits per heavy atom. The Morgan fingerprint density at radius 1 is 1.38 bits per heavy atom. The van der Waals surface area contributed by atoms with E-state index in [1.54, 1.807) is 0 Å². The van der Waals surface area contributed by atoms with Crippen LogP contribution in [0.1, 0.15) is 26.2 Å². The minimum Gasteiger partial charge on any atom is -0.381 e. The number of hydrogen-bond donors (Lipinski definition) is 1. The van der Waals surface area contributed by atoms with Gasteiger partial charge in [-0.25, -0.2) is 0 Å². The van der Waals surface area contributed by atoms with E-state index in [1.165, 1.54) is 38.9 Å². The Bertz CT molecular complexity index is 216. The normalized spacial score (nSPS) is 33.4. The van der Waals surface area contributed by atoms with Crippen LogP contribution in [-0.4, -0.2) is 51.3 Å². The molecule has 0 radical (unpaired) electrons.